The highest BCUT2D eigenvalue weighted by Gasteiger charge is 2.17. The predicted molar refractivity (Wildman–Crippen MR) is 59.5 cm³/mol. The van der Waals surface area contributed by atoms with E-state index in [1.807, 2.05) is 0 Å². The summed E-state index contributed by atoms with van der Waals surface area (Å²) in [5, 5.41) is 0. The Kier molecular flexibility index (Phi) is 3.99. The molecule has 0 radical (unpaired) electrons. The van der Waals surface area contributed by atoms with Gasteiger partial charge in [0, 0.05) is 11.8 Å². The second kappa shape index (κ2) is 5.25. The number of ether oxygens (including phenoxy) is 3. The molecule has 2 N–H and O–H groups in total. The molecule has 0 saturated carbocycles. The van der Waals surface area contributed by atoms with Gasteiger partial charge < -0.3 is 19.9 Å². The maximum Gasteiger partial charge on any atom is 0.346 e. The summed E-state index contributed by atoms with van der Waals surface area (Å²) < 4.78 is 15.0. The lowest BCUT2D eigenvalue weighted by atomic mass is 10.3. The van der Waals surface area contributed by atoms with Gasteiger partial charge in [-0.3, -0.25) is 0 Å². The van der Waals surface area contributed by atoms with Gasteiger partial charge in [-0.2, -0.15) is 0 Å². The summed E-state index contributed by atoms with van der Waals surface area (Å²) in [5.41, 5.74) is 6.15. The molecule has 1 unspecified atom stereocenters. The first-order valence-corrected chi connectivity index (χ1v) is 4.76. The van der Waals surface area contributed by atoms with Gasteiger partial charge in [0.05, 0.1) is 14.2 Å². The highest BCUT2D eigenvalue weighted by molar-refractivity contribution is 5.74. The third-order valence-corrected chi connectivity index (χ3v) is 2.02. The Morgan fingerprint density at radius 2 is 2.00 bits per heavy atom. The summed E-state index contributed by atoms with van der Waals surface area (Å²) in [5.74, 6) is 0.481. The van der Waals surface area contributed by atoms with Gasteiger partial charge in [-0.1, -0.05) is 0 Å². The Morgan fingerprint density at radius 3 is 2.56 bits per heavy atom. The fourth-order valence-corrected chi connectivity index (χ4v) is 1.19. The number of methoxy groups -OCH3 is 2. The van der Waals surface area contributed by atoms with Gasteiger partial charge in [-0.15, -0.1) is 0 Å². The molecule has 0 aliphatic heterocycles. The molecule has 0 aliphatic carbocycles. The van der Waals surface area contributed by atoms with Crippen LogP contribution < -0.4 is 15.2 Å². The lowest BCUT2D eigenvalue weighted by molar-refractivity contribution is -0.147. The molecule has 1 aromatic rings. The fraction of sp³-hybridized carbons (Fsp3) is 0.364. The number of carbonyl (C=O) groups excluding carboxylic acids is 1. The van der Waals surface area contributed by atoms with Gasteiger partial charge in [-0.05, 0) is 19.1 Å². The van der Waals surface area contributed by atoms with E-state index in [0.29, 0.717) is 17.2 Å². The molecule has 16 heavy (non-hydrogen) atoms. The summed E-state index contributed by atoms with van der Waals surface area (Å²) in [4.78, 5) is 11.2. The summed E-state index contributed by atoms with van der Waals surface area (Å²) in [6.07, 6.45) is -0.708. The van der Waals surface area contributed by atoms with Crippen molar-refractivity contribution in [2.75, 3.05) is 20.0 Å². The van der Waals surface area contributed by atoms with Crippen LogP contribution in [0.15, 0.2) is 18.2 Å². The van der Waals surface area contributed by atoms with Crippen LogP contribution in [0.1, 0.15) is 6.92 Å². The largest absolute Gasteiger partial charge is 0.493 e. The number of rotatable bonds is 4. The van der Waals surface area contributed by atoms with Crippen molar-refractivity contribution in [3.8, 4) is 11.5 Å². The van der Waals surface area contributed by atoms with E-state index < -0.39 is 12.1 Å². The van der Waals surface area contributed by atoms with Crippen LogP contribution >= 0.6 is 0 Å². The lowest BCUT2D eigenvalue weighted by Gasteiger charge is -2.15. The quantitative estimate of drug-likeness (QED) is 0.616. The van der Waals surface area contributed by atoms with Crippen LogP contribution in [-0.2, 0) is 9.53 Å². The minimum Gasteiger partial charge on any atom is -0.493 e. The smallest absolute Gasteiger partial charge is 0.346 e. The number of hydrogen-bond acceptors (Lipinski definition) is 5. The number of carbonyl (C=O) groups is 1. The van der Waals surface area contributed by atoms with Crippen LogP contribution in [0.3, 0.4) is 0 Å². The van der Waals surface area contributed by atoms with E-state index in [9.17, 15) is 4.79 Å². The number of esters is 1. The second-order valence-electron chi connectivity index (χ2n) is 3.19. The van der Waals surface area contributed by atoms with Crippen LogP contribution in [-0.4, -0.2) is 26.3 Å². The first-order valence-electron chi connectivity index (χ1n) is 4.76. The summed E-state index contributed by atoms with van der Waals surface area (Å²) in [6.45, 7) is 1.59. The van der Waals surface area contributed by atoms with Crippen molar-refractivity contribution in [2.45, 2.75) is 13.0 Å². The molecular weight excluding hydrogens is 210 g/mol. The third-order valence-electron chi connectivity index (χ3n) is 2.02. The van der Waals surface area contributed by atoms with Crippen molar-refractivity contribution in [2.24, 2.45) is 0 Å². The molecule has 1 atom stereocenters. The zero-order valence-corrected chi connectivity index (χ0v) is 9.52. The minimum atomic E-state index is -0.708. The highest BCUT2D eigenvalue weighted by Crippen LogP contribution is 2.29. The zero-order valence-electron chi connectivity index (χ0n) is 9.52. The number of nitrogen functional groups attached to an aromatic ring is 1. The molecule has 0 aromatic heterocycles. The van der Waals surface area contributed by atoms with Crippen LogP contribution in [0.25, 0.3) is 0 Å². The van der Waals surface area contributed by atoms with E-state index in [1.54, 1.807) is 25.1 Å². The first kappa shape index (κ1) is 12.2. The van der Waals surface area contributed by atoms with E-state index >= 15 is 0 Å². The van der Waals surface area contributed by atoms with Crippen molar-refractivity contribution in [3.05, 3.63) is 18.2 Å². The Balaban J connectivity index is 2.86. The molecule has 1 aromatic carbocycles. The topological polar surface area (TPSA) is 70.8 Å². The van der Waals surface area contributed by atoms with Gasteiger partial charge in [0.2, 0.25) is 0 Å². The molecule has 0 saturated heterocycles. The maximum absolute atomic E-state index is 11.2. The van der Waals surface area contributed by atoms with Crippen LogP contribution in [0.5, 0.6) is 11.5 Å². The molecule has 0 fully saturated rings. The molecule has 0 heterocycles. The SMILES string of the molecule is COC(=O)C(C)Oc1cc(N)ccc1OC. The predicted octanol–water partition coefficient (Wildman–Crippen LogP) is 1.22. The van der Waals surface area contributed by atoms with E-state index in [-0.39, 0.29) is 0 Å². The van der Waals surface area contributed by atoms with Crippen LogP contribution in [0, 0.1) is 0 Å². The van der Waals surface area contributed by atoms with E-state index in [1.165, 1.54) is 14.2 Å². The molecule has 0 bridgehead atoms. The van der Waals surface area contributed by atoms with Gasteiger partial charge in [0.15, 0.2) is 17.6 Å². The van der Waals surface area contributed by atoms with Crippen molar-refractivity contribution in [1.82, 2.24) is 0 Å². The monoisotopic (exact) mass is 225 g/mol. The summed E-state index contributed by atoms with van der Waals surface area (Å²) in [7, 11) is 2.82. The normalized spacial score (nSPS) is 11.7. The number of hydrogen-bond donors (Lipinski definition) is 1. The Morgan fingerprint density at radius 1 is 1.31 bits per heavy atom. The molecule has 0 spiro atoms. The molecule has 0 aliphatic rings. The van der Waals surface area contributed by atoms with Crippen LogP contribution in [0.4, 0.5) is 5.69 Å². The molecule has 88 valence electrons. The van der Waals surface area contributed by atoms with Crippen molar-refractivity contribution >= 4 is 11.7 Å². The molecular formula is C11H15NO4. The summed E-state index contributed by atoms with van der Waals surface area (Å²) >= 11 is 0. The molecule has 5 heteroatoms. The lowest BCUT2D eigenvalue weighted by Crippen LogP contribution is -2.25. The van der Waals surface area contributed by atoms with Gasteiger partial charge >= 0.3 is 5.97 Å². The van der Waals surface area contributed by atoms with Crippen molar-refractivity contribution in [1.29, 1.82) is 0 Å². The van der Waals surface area contributed by atoms with Gasteiger partial charge in [0.1, 0.15) is 0 Å². The molecule has 1 rings (SSSR count). The van der Waals surface area contributed by atoms with Gasteiger partial charge in [-0.25, -0.2) is 4.79 Å². The minimum absolute atomic E-state index is 0.417. The molecule has 5 nitrogen and oxygen atoms in total. The molecule has 0 amide bonds. The number of nitrogens with two attached hydrogens (primary N) is 1. The standard InChI is InChI=1S/C11H15NO4/c1-7(11(13)15-3)16-10-6-8(12)4-5-9(10)14-2/h4-7H,12H2,1-3H3. The Bertz CT molecular complexity index is 378. The number of anilines is 1. The van der Waals surface area contributed by atoms with E-state index in [0.717, 1.165) is 0 Å². The third kappa shape index (κ3) is 2.79. The average molecular weight is 225 g/mol. The first-order chi connectivity index (χ1) is 7.58. The fourth-order valence-electron chi connectivity index (χ4n) is 1.19. The second-order valence-corrected chi connectivity index (χ2v) is 3.19. The van der Waals surface area contributed by atoms with E-state index in [2.05, 4.69) is 4.74 Å². The summed E-state index contributed by atoms with van der Waals surface area (Å²) in [6, 6.07) is 4.96. The zero-order chi connectivity index (χ0) is 12.1. The van der Waals surface area contributed by atoms with Crippen LogP contribution in [0.2, 0.25) is 0 Å². The van der Waals surface area contributed by atoms with Crippen molar-refractivity contribution in [3.63, 3.8) is 0 Å². The van der Waals surface area contributed by atoms with Gasteiger partial charge in [0.25, 0.3) is 0 Å². The highest BCUT2D eigenvalue weighted by atomic mass is 16.6. The Labute approximate surface area is 94.1 Å². The van der Waals surface area contributed by atoms with Crippen molar-refractivity contribution < 1.29 is 19.0 Å². The van der Waals surface area contributed by atoms with E-state index in [4.69, 9.17) is 15.2 Å². The maximum atomic E-state index is 11.2. The average Bonchev–Trinajstić information content (AvgIpc) is 2.28. The number of benzene rings is 1. The Hall–Kier alpha value is -1.91.